The minimum Gasteiger partial charge on any atom is -0.744 e. The first-order chi connectivity index (χ1) is 11.6. The van der Waals surface area contributed by atoms with Crippen molar-refractivity contribution in [3.8, 4) is 0 Å². The number of hydrogen-bond acceptors (Lipinski definition) is 6. The van der Waals surface area contributed by atoms with Crippen LogP contribution in [0.5, 0.6) is 0 Å². The highest BCUT2D eigenvalue weighted by Gasteiger charge is 2.16. The molecule has 0 aliphatic heterocycles. The van der Waals surface area contributed by atoms with E-state index in [2.05, 4.69) is 0 Å². The molecular weight excluding hydrogens is 383 g/mol. The van der Waals surface area contributed by atoms with E-state index in [0.29, 0.717) is 16.8 Å². The van der Waals surface area contributed by atoms with Crippen molar-refractivity contribution in [3.63, 3.8) is 0 Å². The lowest BCUT2D eigenvalue weighted by molar-refractivity contribution is 0.461. The predicted molar refractivity (Wildman–Crippen MR) is 94.8 cm³/mol. The van der Waals surface area contributed by atoms with Gasteiger partial charge in [0.1, 0.15) is 20.2 Å². The molecule has 6 nitrogen and oxygen atoms in total. The van der Waals surface area contributed by atoms with Crippen molar-refractivity contribution in [3.05, 3.63) is 48.5 Å². The smallest absolute Gasteiger partial charge is 0.124 e. The highest BCUT2D eigenvalue weighted by atomic mass is 32.2. The van der Waals surface area contributed by atoms with Crippen LogP contribution in [0.25, 0.3) is 0 Å². The maximum absolute atomic E-state index is 11.3. The summed E-state index contributed by atoms with van der Waals surface area (Å²) in [4.78, 5) is -0.636. The Balaban J connectivity index is 2.54. The summed E-state index contributed by atoms with van der Waals surface area (Å²) in [6, 6.07) is 11.6. The van der Waals surface area contributed by atoms with Crippen LogP contribution < -0.4 is 10.6 Å². The molecule has 0 radical (unpaired) electrons. The molecule has 0 N–H and O–H groups in total. The highest BCUT2D eigenvalue weighted by molar-refractivity contribution is 7.86. The lowest BCUT2D eigenvalue weighted by Crippen LogP contribution is -2.17. The normalized spacial score (nSPS) is 12.5. The third-order valence-electron chi connectivity index (χ3n) is 3.57. The van der Waals surface area contributed by atoms with Crippen LogP contribution in [0.4, 0.5) is 0 Å². The van der Waals surface area contributed by atoms with E-state index in [1.807, 2.05) is 6.92 Å². The van der Waals surface area contributed by atoms with E-state index >= 15 is 0 Å². The fraction of sp³-hybridized carbons (Fsp3) is 0.250. The molecule has 0 saturated carbocycles. The summed E-state index contributed by atoms with van der Waals surface area (Å²) < 4.78 is 67.6. The summed E-state index contributed by atoms with van der Waals surface area (Å²) in [5.74, 6) is 0. The first-order valence-corrected chi connectivity index (χ1v) is 11.9. The Morgan fingerprint density at radius 1 is 0.840 bits per heavy atom. The number of unbranched alkanes of at least 4 members (excludes halogenated alkanes) is 1. The average molecular weight is 400 g/mol. The van der Waals surface area contributed by atoms with Crippen molar-refractivity contribution >= 4 is 38.8 Å². The maximum Gasteiger partial charge on any atom is 0.124 e. The van der Waals surface area contributed by atoms with Gasteiger partial charge in [-0.25, -0.2) is 16.8 Å². The zero-order chi connectivity index (χ0) is 18.7. The quantitative estimate of drug-likeness (QED) is 0.516. The van der Waals surface area contributed by atoms with Crippen LogP contribution in [0, 0.1) is 0 Å². The van der Waals surface area contributed by atoms with E-state index in [9.17, 15) is 25.9 Å². The van der Waals surface area contributed by atoms with E-state index in [0.717, 1.165) is 12.8 Å². The second-order valence-corrected chi connectivity index (χ2v) is 10.5. The molecule has 0 fully saturated rings. The first-order valence-electron chi connectivity index (χ1n) is 7.52. The molecule has 2 rings (SSSR count). The molecule has 25 heavy (non-hydrogen) atoms. The van der Waals surface area contributed by atoms with Gasteiger partial charge in [0, 0.05) is 0 Å². The van der Waals surface area contributed by atoms with Crippen LogP contribution in [-0.4, -0.2) is 32.1 Å². The van der Waals surface area contributed by atoms with Gasteiger partial charge in [0.2, 0.25) is 0 Å². The van der Waals surface area contributed by atoms with E-state index in [1.165, 1.54) is 36.4 Å². The minimum absolute atomic E-state index is 0.318. The van der Waals surface area contributed by atoms with Gasteiger partial charge in [0.25, 0.3) is 0 Å². The fourth-order valence-corrected chi connectivity index (χ4v) is 6.11. The van der Waals surface area contributed by atoms with Crippen molar-refractivity contribution in [1.29, 1.82) is 0 Å². The maximum atomic E-state index is 11.3. The standard InChI is InChI=1S/C16H19O6PS2/c1-2-3-10-23(13-6-4-8-15(11-13)24(17,18)19)14-7-5-9-16(12-14)25(20,21)22/h4-9,11-12H,2-3,10H2,1H3,(H,17,18,19)(H,20,21,22)/p-2. The number of hydrogen-bond donors (Lipinski definition) is 0. The Labute approximate surface area is 149 Å². The average Bonchev–Trinajstić information content (AvgIpc) is 2.54. The molecular formula is C16H17O6PS2-2. The number of benzene rings is 2. The molecule has 0 heterocycles. The van der Waals surface area contributed by atoms with Crippen LogP contribution in [-0.2, 0) is 20.2 Å². The zero-order valence-electron chi connectivity index (χ0n) is 13.5. The molecule has 0 aliphatic carbocycles. The van der Waals surface area contributed by atoms with E-state index in [1.54, 1.807) is 12.1 Å². The van der Waals surface area contributed by atoms with Gasteiger partial charge in [-0.2, -0.15) is 0 Å². The summed E-state index contributed by atoms with van der Waals surface area (Å²) >= 11 is 0. The number of rotatable bonds is 7. The summed E-state index contributed by atoms with van der Waals surface area (Å²) in [5, 5.41) is 1.31. The predicted octanol–water partition coefficient (Wildman–Crippen LogP) is 1.73. The highest BCUT2D eigenvalue weighted by Crippen LogP contribution is 2.36. The van der Waals surface area contributed by atoms with Crippen LogP contribution in [0.2, 0.25) is 0 Å². The topological polar surface area (TPSA) is 114 Å². The second-order valence-electron chi connectivity index (χ2n) is 5.41. The zero-order valence-corrected chi connectivity index (χ0v) is 16.0. The SMILES string of the molecule is CCCCP(c1cccc(S(=O)(=O)[O-])c1)c1cccc(S(=O)(=O)[O-])c1. The van der Waals surface area contributed by atoms with Gasteiger partial charge in [-0.3, -0.25) is 0 Å². The van der Waals surface area contributed by atoms with Crippen molar-refractivity contribution < 1.29 is 25.9 Å². The van der Waals surface area contributed by atoms with Gasteiger partial charge in [0.05, 0.1) is 9.79 Å². The lowest BCUT2D eigenvalue weighted by Gasteiger charge is -2.21. The van der Waals surface area contributed by atoms with Gasteiger partial charge >= 0.3 is 0 Å². The Hall–Kier alpha value is -1.31. The Kier molecular flexibility index (Phi) is 6.35. The summed E-state index contributed by atoms with van der Waals surface area (Å²) in [7, 11) is -10.2. The van der Waals surface area contributed by atoms with Gasteiger partial charge < -0.3 is 9.11 Å². The summed E-state index contributed by atoms with van der Waals surface area (Å²) in [5.41, 5.74) is 0. The molecule has 0 aliphatic rings. The molecule has 2 aromatic rings. The van der Waals surface area contributed by atoms with Gasteiger partial charge in [0.15, 0.2) is 0 Å². The van der Waals surface area contributed by atoms with Crippen molar-refractivity contribution in [2.75, 3.05) is 6.16 Å². The lowest BCUT2D eigenvalue weighted by atomic mass is 10.4. The van der Waals surface area contributed by atoms with E-state index < -0.39 is 28.2 Å². The monoisotopic (exact) mass is 400 g/mol. The third-order valence-corrected chi connectivity index (χ3v) is 7.80. The van der Waals surface area contributed by atoms with Crippen molar-refractivity contribution in [2.24, 2.45) is 0 Å². The molecule has 9 heteroatoms. The molecule has 2 aromatic carbocycles. The molecule has 0 amide bonds. The van der Waals surface area contributed by atoms with Crippen LogP contribution in [0.15, 0.2) is 58.3 Å². The van der Waals surface area contributed by atoms with Gasteiger partial charge in [-0.15, -0.1) is 0 Å². The fourth-order valence-electron chi connectivity index (χ4n) is 2.34. The second kappa shape index (κ2) is 7.93. The van der Waals surface area contributed by atoms with Crippen LogP contribution in [0.1, 0.15) is 19.8 Å². The van der Waals surface area contributed by atoms with E-state index in [-0.39, 0.29) is 9.79 Å². The Bertz CT molecular complexity index is 879. The van der Waals surface area contributed by atoms with Gasteiger partial charge in [-0.05, 0) is 55.4 Å². The molecule has 0 unspecified atom stereocenters. The van der Waals surface area contributed by atoms with Crippen molar-refractivity contribution in [2.45, 2.75) is 29.6 Å². The molecule has 0 aromatic heterocycles. The summed E-state index contributed by atoms with van der Waals surface area (Å²) in [6.45, 7) is 2.00. The van der Waals surface area contributed by atoms with E-state index in [4.69, 9.17) is 0 Å². The molecule has 0 atom stereocenters. The molecule has 136 valence electrons. The Morgan fingerprint density at radius 3 is 1.64 bits per heavy atom. The molecule has 0 spiro atoms. The Morgan fingerprint density at radius 2 is 1.28 bits per heavy atom. The first kappa shape index (κ1) is 20.0. The third kappa shape index (κ3) is 5.33. The van der Waals surface area contributed by atoms with Crippen molar-refractivity contribution in [1.82, 2.24) is 0 Å². The summed E-state index contributed by atoms with van der Waals surface area (Å²) in [6.07, 6.45) is 2.43. The largest absolute Gasteiger partial charge is 0.744 e. The molecule has 0 bridgehead atoms. The molecule has 0 saturated heterocycles. The van der Waals surface area contributed by atoms with Crippen LogP contribution in [0.3, 0.4) is 0 Å². The van der Waals surface area contributed by atoms with Gasteiger partial charge in [-0.1, -0.05) is 37.6 Å². The van der Waals surface area contributed by atoms with Crippen LogP contribution >= 0.6 is 7.92 Å². The minimum atomic E-state index is -4.58.